The van der Waals surface area contributed by atoms with Gasteiger partial charge in [-0.3, -0.25) is 0 Å². The zero-order chi connectivity index (χ0) is 28.8. The molecule has 3 N–H and O–H groups in total. The molecule has 208 valence electrons. The van der Waals surface area contributed by atoms with Crippen LogP contribution in [0.5, 0.6) is 11.5 Å². The van der Waals surface area contributed by atoms with Gasteiger partial charge in [0.25, 0.3) is 0 Å². The number of nitrogens with zero attached hydrogens (tertiary/aromatic N) is 3. The number of nitrogens with one attached hydrogen (secondary N) is 3. The summed E-state index contributed by atoms with van der Waals surface area (Å²) in [5.74, 6) is -7.80. The third kappa shape index (κ3) is 6.85. The van der Waals surface area contributed by atoms with E-state index in [2.05, 4.69) is 35.1 Å². The van der Waals surface area contributed by atoms with Gasteiger partial charge in [0.05, 0.1) is 0 Å². The minimum absolute atomic E-state index is 0.283. The smallest absolute Gasteiger partial charge is 0.403 e. The van der Waals surface area contributed by atoms with Crippen molar-refractivity contribution in [3.63, 3.8) is 0 Å². The molecule has 2 heterocycles. The Hall–Kier alpha value is -4.58. The van der Waals surface area contributed by atoms with Gasteiger partial charge in [-0.05, 0) is 24.3 Å². The zero-order valence-corrected chi connectivity index (χ0v) is 18.3. The van der Waals surface area contributed by atoms with E-state index < -0.39 is 70.8 Å². The molecular weight excluding hydrogens is 565 g/mol. The van der Waals surface area contributed by atoms with Gasteiger partial charge in [0.1, 0.15) is 0 Å². The number of alkyl halides is 9. The van der Waals surface area contributed by atoms with Crippen LogP contribution in [-0.4, -0.2) is 32.7 Å². The molecule has 0 saturated heterocycles. The number of hydrogen-bond acceptors (Lipinski definition) is 7. The first-order valence-electron chi connectivity index (χ1n) is 9.96. The monoisotopic (exact) mass is 574 g/mol. The third-order valence-corrected chi connectivity index (χ3v) is 4.44. The highest BCUT2D eigenvalue weighted by atomic mass is 19.4. The van der Waals surface area contributed by atoms with E-state index in [-0.39, 0.29) is 11.4 Å². The van der Waals surface area contributed by atoms with E-state index in [1.165, 1.54) is 0 Å². The number of anilines is 4. The topological polar surface area (TPSA) is 97.0 Å². The maximum atomic E-state index is 14.1. The van der Waals surface area contributed by atoms with Crippen LogP contribution < -0.4 is 20.1 Å². The van der Waals surface area contributed by atoms with E-state index >= 15 is 0 Å². The fraction of sp³-hybridized carbons (Fsp3) is 0.150. The molecule has 0 atom stereocenters. The second-order valence-corrected chi connectivity index (χ2v) is 7.31. The summed E-state index contributed by atoms with van der Waals surface area (Å²) < 4.78 is 149. The lowest BCUT2D eigenvalue weighted by atomic mass is 10.2. The quantitative estimate of drug-likeness (QED) is 0.215. The summed E-state index contributed by atoms with van der Waals surface area (Å²) >= 11 is 0. The van der Waals surface area contributed by atoms with E-state index in [1.807, 2.05) is 4.98 Å². The van der Waals surface area contributed by atoms with Crippen LogP contribution in [0, 0.1) is 11.6 Å². The lowest BCUT2D eigenvalue weighted by Gasteiger charge is -2.14. The summed E-state index contributed by atoms with van der Waals surface area (Å²) in [4.78, 5) is 12.8. The molecule has 0 spiro atoms. The number of fused-ring (bicyclic) bond motifs is 1. The van der Waals surface area contributed by atoms with Crippen molar-refractivity contribution in [1.82, 2.24) is 19.9 Å². The summed E-state index contributed by atoms with van der Waals surface area (Å²) in [6, 6.07) is 4.05. The van der Waals surface area contributed by atoms with Crippen molar-refractivity contribution in [1.29, 1.82) is 0 Å². The highest BCUT2D eigenvalue weighted by molar-refractivity contribution is 5.80. The van der Waals surface area contributed by atoms with Crippen LogP contribution >= 0.6 is 0 Å². The van der Waals surface area contributed by atoms with Crippen molar-refractivity contribution >= 4 is 34.3 Å². The van der Waals surface area contributed by atoms with Crippen molar-refractivity contribution in [2.45, 2.75) is 18.9 Å². The molecule has 4 aromatic rings. The Bertz CT molecular complexity index is 1410. The van der Waals surface area contributed by atoms with Crippen LogP contribution in [0.2, 0.25) is 0 Å². The molecule has 0 aliphatic heterocycles. The molecule has 0 unspecified atom stereocenters. The maximum absolute atomic E-state index is 14.1. The summed E-state index contributed by atoms with van der Waals surface area (Å²) in [6.07, 6.45) is -15.3. The molecule has 0 fully saturated rings. The first kappa shape index (κ1) is 27.5. The van der Waals surface area contributed by atoms with E-state index in [4.69, 9.17) is 0 Å². The molecule has 2 aromatic carbocycles. The van der Waals surface area contributed by atoms with Gasteiger partial charge in [-0.2, -0.15) is 13.2 Å². The Morgan fingerprint density at radius 2 is 1.10 bits per heavy atom. The van der Waals surface area contributed by atoms with E-state index in [9.17, 15) is 48.3 Å². The molecule has 0 saturated carbocycles. The second kappa shape index (κ2) is 9.62. The Morgan fingerprint density at radius 1 is 0.641 bits per heavy atom. The Labute approximate surface area is 207 Å². The van der Waals surface area contributed by atoms with Gasteiger partial charge in [-0.1, -0.05) is 0 Å². The van der Waals surface area contributed by atoms with E-state index in [0.717, 1.165) is 12.1 Å². The molecule has 8 nitrogen and oxygen atoms in total. The van der Waals surface area contributed by atoms with Crippen molar-refractivity contribution < 1.29 is 57.8 Å². The minimum Gasteiger partial charge on any atom is -0.403 e. The highest BCUT2D eigenvalue weighted by Crippen LogP contribution is 2.34. The van der Waals surface area contributed by atoms with Gasteiger partial charge in [0.2, 0.25) is 5.82 Å². The molecule has 0 radical (unpaired) electrons. The first-order chi connectivity index (χ1) is 18.0. The van der Waals surface area contributed by atoms with Crippen molar-refractivity contribution in [3.8, 4) is 11.5 Å². The average molecular weight is 574 g/mol. The van der Waals surface area contributed by atoms with Crippen LogP contribution in [0.25, 0.3) is 11.3 Å². The number of H-pyrrole nitrogens is 1. The third-order valence-electron chi connectivity index (χ3n) is 4.44. The molecule has 4 rings (SSSR count). The van der Waals surface area contributed by atoms with E-state index in [0.29, 0.717) is 24.3 Å². The number of hydrogen-bond donors (Lipinski definition) is 3. The number of imidazole rings is 1. The molecule has 0 aliphatic rings. The SMILES string of the molecule is Fc1cc(Nc2nc3nc(C(F)(F)F)[nH]c3nc2Nc2ccc(OC(F)(F)F)c(F)c2)ccc1OC(F)(F)F. The van der Waals surface area contributed by atoms with Gasteiger partial charge in [0.15, 0.2) is 46.1 Å². The molecule has 2 aromatic heterocycles. The van der Waals surface area contributed by atoms with E-state index in [1.54, 1.807) is 0 Å². The van der Waals surface area contributed by atoms with Crippen LogP contribution in [0.15, 0.2) is 36.4 Å². The van der Waals surface area contributed by atoms with Gasteiger partial charge in [0, 0.05) is 23.5 Å². The molecule has 19 heteroatoms. The number of ether oxygens (including phenoxy) is 2. The molecule has 39 heavy (non-hydrogen) atoms. The fourth-order valence-electron chi connectivity index (χ4n) is 2.99. The van der Waals surface area contributed by atoms with Crippen LogP contribution in [0.4, 0.5) is 71.3 Å². The number of aromatic nitrogens is 4. The number of rotatable bonds is 6. The van der Waals surface area contributed by atoms with Crippen LogP contribution in [-0.2, 0) is 6.18 Å². The second-order valence-electron chi connectivity index (χ2n) is 7.31. The average Bonchev–Trinajstić information content (AvgIpc) is 3.20. The molecular formula is C20H9F11N6O2. The predicted molar refractivity (Wildman–Crippen MR) is 109 cm³/mol. The number of halogens is 11. The summed E-state index contributed by atoms with van der Waals surface area (Å²) in [5.41, 5.74) is -1.71. The van der Waals surface area contributed by atoms with Crippen molar-refractivity contribution in [2.24, 2.45) is 0 Å². The number of benzene rings is 2. The van der Waals surface area contributed by atoms with Crippen LogP contribution in [0.1, 0.15) is 5.82 Å². The highest BCUT2D eigenvalue weighted by Gasteiger charge is 2.36. The Balaban J connectivity index is 1.72. The molecule has 0 aliphatic carbocycles. The zero-order valence-electron chi connectivity index (χ0n) is 18.3. The normalized spacial score (nSPS) is 12.5. The maximum Gasteiger partial charge on any atom is 0.573 e. The summed E-state index contributed by atoms with van der Waals surface area (Å²) in [5, 5.41) is 4.82. The standard InChI is InChI=1S/C20H9F11N6O2/c21-9-5-7(1-3-11(9)38-19(26,27)28)32-13-14(35-16-15(34-13)36-17(37-16)18(23,24)25)33-8-2-4-12(10(22)6-8)39-20(29,30)31/h1-6H,(H3,32,33,34,35,36,37). The minimum atomic E-state index is -5.20. The fourth-order valence-corrected chi connectivity index (χ4v) is 2.99. The lowest BCUT2D eigenvalue weighted by molar-refractivity contribution is -0.276. The summed E-state index contributed by atoms with van der Waals surface area (Å²) in [6.45, 7) is 0. The Morgan fingerprint density at radius 3 is 1.51 bits per heavy atom. The van der Waals surface area contributed by atoms with Gasteiger partial charge >= 0.3 is 18.9 Å². The predicted octanol–water partition coefficient (Wildman–Crippen LogP) is 6.93. The molecule has 0 amide bonds. The van der Waals surface area contributed by atoms with Gasteiger partial charge < -0.3 is 25.1 Å². The summed E-state index contributed by atoms with van der Waals surface area (Å²) in [7, 11) is 0. The van der Waals surface area contributed by atoms with Gasteiger partial charge in [-0.25, -0.2) is 23.7 Å². The van der Waals surface area contributed by atoms with Gasteiger partial charge in [-0.15, -0.1) is 26.3 Å². The largest absolute Gasteiger partial charge is 0.573 e. The lowest BCUT2D eigenvalue weighted by Crippen LogP contribution is -2.18. The van der Waals surface area contributed by atoms with Crippen molar-refractivity contribution in [2.75, 3.05) is 10.6 Å². The molecule has 0 bridgehead atoms. The first-order valence-corrected chi connectivity index (χ1v) is 9.96. The Kier molecular flexibility index (Phi) is 6.77. The number of aromatic amines is 1. The van der Waals surface area contributed by atoms with Crippen LogP contribution in [0.3, 0.4) is 0 Å². The van der Waals surface area contributed by atoms with Crippen molar-refractivity contribution in [3.05, 3.63) is 53.9 Å².